The molecule has 0 N–H and O–H groups in total. The normalized spacial score (nSPS) is 13.4. The van der Waals surface area contributed by atoms with E-state index in [1.165, 1.54) is 76.4 Å². The van der Waals surface area contributed by atoms with Crippen molar-refractivity contribution in [2.24, 2.45) is 0 Å². The molecule has 0 atom stereocenters. The Hall–Kier alpha value is -0.503. The molecular weight excluding hydrogens is 284 g/mol. The highest BCUT2D eigenvalue weighted by Crippen LogP contribution is 2.29. The molecule has 0 fully saturated rings. The summed E-state index contributed by atoms with van der Waals surface area (Å²) in [5, 5.41) is 0. The molecular formula is C20H40OSi. The van der Waals surface area contributed by atoms with E-state index in [-0.39, 0.29) is 0 Å². The van der Waals surface area contributed by atoms with Crippen molar-refractivity contribution in [2.45, 2.75) is 105 Å². The highest BCUT2D eigenvalue weighted by atomic mass is 28.2. The summed E-state index contributed by atoms with van der Waals surface area (Å²) in [4.78, 5) is 0. The zero-order valence-corrected chi connectivity index (χ0v) is 18.0. The number of hydrogen-bond acceptors (Lipinski definition) is 1. The van der Waals surface area contributed by atoms with Crippen LogP contribution in [-0.2, 0) is 4.43 Å². The van der Waals surface area contributed by atoms with Crippen molar-refractivity contribution >= 4 is 10.5 Å². The summed E-state index contributed by atoms with van der Waals surface area (Å²) in [6.07, 6.45) is 17.6. The van der Waals surface area contributed by atoms with Gasteiger partial charge in [-0.1, -0.05) is 65.9 Å². The quantitative estimate of drug-likeness (QED) is 0.159. The fourth-order valence-electron chi connectivity index (χ4n) is 2.77. The maximum Gasteiger partial charge on any atom is 0.203 e. The monoisotopic (exact) mass is 324 g/mol. The predicted octanol–water partition coefficient (Wildman–Crippen LogP) is 6.22. The molecule has 22 heavy (non-hydrogen) atoms. The van der Waals surface area contributed by atoms with E-state index in [0.717, 1.165) is 16.9 Å². The number of hydrogen-bond donors (Lipinski definition) is 0. The first kappa shape index (κ1) is 21.5. The summed E-state index contributed by atoms with van der Waals surface area (Å²) in [5.41, 5.74) is 3.17. The fourth-order valence-corrected chi connectivity index (χ4v) is 3.22. The van der Waals surface area contributed by atoms with Crippen LogP contribution in [0.2, 0.25) is 0 Å². The molecule has 1 nitrogen and oxygen atoms in total. The Morgan fingerprint density at radius 3 is 1.86 bits per heavy atom. The van der Waals surface area contributed by atoms with Crippen LogP contribution in [0, 0.1) is 0 Å². The topological polar surface area (TPSA) is 9.23 Å². The smallest absolute Gasteiger partial charge is 0.203 e. The Morgan fingerprint density at radius 2 is 1.32 bits per heavy atom. The molecule has 0 aromatic heterocycles. The average Bonchev–Trinajstić information content (AvgIpc) is 2.54. The van der Waals surface area contributed by atoms with Crippen molar-refractivity contribution in [2.75, 3.05) is 0 Å². The van der Waals surface area contributed by atoms with Crippen molar-refractivity contribution in [1.82, 2.24) is 0 Å². The molecule has 0 aliphatic rings. The molecule has 0 radical (unpaired) electrons. The molecule has 130 valence electrons. The van der Waals surface area contributed by atoms with Gasteiger partial charge in [0, 0.05) is 6.42 Å². The van der Waals surface area contributed by atoms with Crippen LogP contribution in [0.25, 0.3) is 0 Å². The van der Waals surface area contributed by atoms with Gasteiger partial charge < -0.3 is 4.43 Å². The minimum atomic E-state index is 0.817. The molecule has 0 rings (SSSR count). The van der Waals surface area contributed by atoms with Crippen molar-refractivity contribution < 1.29 is 4.43 Å². The second-order valence-electron chi connectivity index (χ2n) is 6.29. The lowest BCUT2D eigenvalue weighted by Gasteiger charge is -2.19. The van der Waals surface area contributed by atoms with E-state index in [0.29, 0.717) is 0 Å². The molecule has 0 amide bonds. The summed E-state index contributed by atoms with van der Waals surface area (Å²) in [6.45, 7) is 9.13. The first-order valence-corrected chi connectivity index (χ1v) is 10.5. The van der Waals surface area contributed by atoms with Crippen LogP contribution in [0.3, 0.4) is 0 Å². The van der Waals surface area contributed by atoms with E-state index in [9.17, 15) is 0 Å². The van der Waals surface area contributed by atoms with Crippen LogP contribution in [0.5, 0.6) is 0 Å². The maximum atomic E-state index is 5.96. The lowest BCUT2D eigenvalue weighted by molar-refractivity contribution is 0.424. The van der Waals surface area contributed by atoms with E-state index >= 15 is 0 Å². The molecule has 0 spiro atoms. The van der Waals surface area contributed by atoms with Gasteiger partial charge in [0.25, 0.3) is 0 Å². The zero-order valence-electron chi connectivity index (χ0n) is 16.0. The lowest BCUT2D eigenvalue weighted by atomic mass is 9.92. The number of rotatable bonds is 14. The SMILES string of the molecule is CCCCC=C(CCCC)C(CCCC)=C(CCCC)O[SiH3]. The Balaban J connectivity index is 5.30. The third kappa shape index (κ3) is 9.50. The van der Waals surface area contributed by atoms with Gasteiger partial charge in [0.1, 0.15) is 0 Å². The van der Waals surface area contributed by atoms with Crippen molar-refractivity contribution in [3.05, 3.63) is 23.0 Å². The van der Waals surface area contributed by atoms with Crippen molar-refractivity contribution in [3.8, 4) is 0 Å². The Kier molecular flexibility index (Phi) is 15.0. The standard InChI is InChI=1S/C20H40OSi/c1-5-9-13-15-18(14-10-6-2)19(16-11-7-3)20(21-22)17-12-8-4/h15H,5-14,16-17H2,1-4,22H3. The van der Waals surface area contributed by atoms with E-state index in [1.54, 1.807) is 11.1 Å². The van der Waals surface area contributed by atoms with Gasteiger partial charge in [-0.05, 0) is 49.7 Å². The van der Waals surface area contributed by atoms with Gasteiger partial charge in [0.2, 0.25) is 10.5 Å². The van der Waals surface area contributed by atoms with Gasteiger partial charge in [-0.2, -0.15) is 0 Å². The van der Waals surface area contributed by atoms with E-state index in [4.69, 9.17) is 4.43 Å². The molecule has 0 saturated carbocycles. The van der Waals surface area contributed by atoms with Gasteiger partial charge in [-0.15, -0.1) is 0 Å². The Bertz CT molecular complexity index is 318. The van der Waals surface area contributed by atoms with Crippen LogP contribution in [0.15, 0.2) is 23.0 Å². The summed E-state index contributed by atoms with van der Waals surface area (Å²) in [7, 11) is 0.817. The zero-order chi connectivity index (χ0) is 16.6. The highest BCUT2D eigenvalue weighted by molar-refractivity contribution is 5.98. The Labute approximate surface area is 143 Å². The summed E-state index contributed by atoms with van der Waals surface area (Å²) in [5.74, 6) is 1.32. The van der Waals surface area contributed by atoms with Gasteiger partial charge in [-0.3, -0.25) is 0 Å². The molecule has 0 aliphatic carbocycles. The predicted molar refractivity (Wildman–Crippen MR) is 104 cm³/mol. The third-order valence-electron chi connectivity index (χ3n) is 4.26. The molecule has 0 saturated heterocycles. The third-order valence-corrected chi connectivity index (χ3v) is 4.75. The maximum absolute atomic E-state index is 5.96. The lowest BCUT2D eigenvalue weighted by Crippen LogP contribution is -2.01. The van der Waals surface area contributed by atoms with Gasteiger partial charge in [0.05, 0.1) is 5.76 Å². The molecule has 2 heteroatoms. The van der Waals surface area contributed by atoms with Crippen LogP contribution in [-0.4, -0.2) is 10.5 Å². The van der Waals surface area contributed by atoms with Crippen LogP contribution < -0.4 is 0 Å². The van der Waals surface area contributed by atoms with Gasteiger partial charge in [0.15, 0.2) is 0 Å². The van der Waals surface area contributed by atoms with E-state index in [1.807, 2.05) is 0 Å². The number of unbranched alkanes of at least 4 members (excludes halogenated alkanes) is 5. The molecule has 0 aliphatic heterocycles. The minimum Gasteiger partial charge on any atom is -0.556 e. The second-order valence-corrected chi connectivity index (χ2v) is 6.70. The van der Waals surface area contributed by atoms with Crippen LogP contribution in [0.4, 0.5) is 0 Å². The largest absolute Gasteiger partial charge is 0.556 e. The first-order valence-electron chi connectivity index (χ1n) is 9.70. The molecule has 0 bridgehead atoms. The molecule has 0 aromatic rings. The minimum absolute atomic E-state index is 0.817. The fraction of sp³-hybridized carbons (Fsp3) is 0.800. The van der Waals surface area contributed by atoms with Gasteiger partial charge >= 0.3 is 0 Å². The highest BCUT2D eigenvalue weighted by Gasteiger charge is 2.12. The Morgan fingerprint density at radius 1 is 0.773 bits per heavy atom. The number of allylic oxidation sites excluding steroid dienone is 4. The summed E-state index contributed by atoms with van der Waals surface area (Å²) < 4.78 is 5.96. The summed E-state index contributed by atoms with van der Waals surface area (Å²) in [6, 6.07) is 0. The van der Waals surface area contributed by atoms with E-state index < -0.39 is 0 Å². The molecule has 0 unspecified atom stereocenters. The second kappa shape index (κ2) is 15.4. The van der Waals surface area contributed by atoms with Crippen LogP contribution in [0.1, 0.15) is 105 Å². The van der Waals surface area contributed by atoms with Crippen molar-refractivity contribution in [3.63, 3.8) is 0 Å². The first-order chi connectivity index (χ1) is 10.7. The van der Waals surface area contributed by atoms with Gasteiger partial charge in [-0.25, -0.2) is 0 Å². The van der Waals surface area contributed by atoms with E-state index in [2.05, 4.69) is 33.8 Å². The average molecular weight is 325 g/mol. The summed E-state index contributed by atoms with van der Waals surface area (Å²) >= 11 is 0. The van der Waals surface area contributed by atoms with Crippen LogP contribution >= 0.6 is 0 Å². The molecule has 0 aromatic carbocycles. The van der Waals surface area contributed by atoms with Crippen molar-refractivity contribution in [1.29, 1.82) is 0 Å². The molecule has 0 heterocycles.